The van der Waals surface area contributed by atoms with Crippen molar-refractivity contribution in [1.82, 2.24) is 4.98 Å². The Kier molecular flexibility index (Phi) is 5.58. The predicted molar refractivity (Wildman–Crippen MR) is 107 cm³/mol. The predicted octanol–water partition coefficient (Wildman–Crippen LogP) is 5.46. The molecule has 4 rings (SSSR count). The molecule has 0 spiro atoms. The van der Waals surface area contributed by atoms with Crippen molar-refractivity contribution in [3.8, 4) is 11.5 Å². The van der Waals surface area contributed by atoms with E-state index in [0.717, 1.165) is 16.8 Å². The first-order valence-corrected chi connectivity index (χ1v) is 9.71. The van der Waals surface area contributed by atoms with E-state index in [1.54, 1.807) is 0 Å². The maximum atomic E-state index is 12.1. The van der Waals surface area contributed by atoms with Crippen LogP contribution in [0, 0.1) is 0 Å². The van der Waals surface area contributed by atoms with Crippen LogP contribution in [0.5, 0.6) is 11.5 Å². The summed E-state index contributed by atoms with van der Waals surface area (Å²) in [5.74, 6) is 1.16. The number of esters is 1. The smallest absolute Gasteiger partial charge is 0.316 e. The molecule has 0 aliphatic heterocycles. The summed E-state index contributed by atoms with van der Waals surface area (Å²) in [5.41, 5.74) is 2.27. The van der Waals surface area contributed by atoms with Gasteiger partial charge in [0.2, 0.25) is 0 Å². The van der Waals surface area contributed by atoms with Gasteiger partial charge in [0.05, 0.1) is 0 Å². The van der Waals surface area contributed by atoms with Crippen molar-refractivity contribution in [1.29, 1.82) is 0 Å². The van der Waals surface area contributed by atoms with E-state index in [0.29, 0.717) is 16.6 Å². The molecule has 0 radical (unpaired) electrons. The van der Waals surface area contributed by atoms with E-state index >= 15 is 0 Å². The molecule has 0 bridgehead atoms. The molecule has 5 nitrogen and oxygen atoms in total. The second-order valence-electron chi connectivity index (χ2n) is 5.92. The molecule has 0 unspecified atom stereocenters. The summed E-state index contributed by atoms with van der Waals surface area (Å²) in [7, 11) is 0. The lowest BCUT2D eigenvalue weighted by Gasteiger charge is -2.11. The Hall–Kier alpha value is -3.25. The average Bonchev–Trinajstić information content (AvgIpc) is 3.15. The zero-order valence-electron chi connectivity index (χ0n) is 14.9. The Balaban J connectivity index is 1.33. The first-order valence-electron chi connectivity index (χ1n) is 8.73. The number of fused-ring (bicyclic) bond motifs is 1. The fourth-order valence-corrected chi connectivity index (χ4v) is 3.21. The minimum atomic E-state index is -0.346. The zero-order chi connectivity index (χ0) is 19.2. The van der Waals surface area contributed by atoms with Gasteiger partial charge in [-0.05, 0) is 30.3 Å². The fraction of sp³-hybridized carbons (Fsp3) is 0.0909. The number of hydrogen-bond acceptors (Lipinski definition) is 6. The molecule has 0 aliphatic rings. The van der Waals surface area contributed by atoms with Gasteiger partial charge in [-0.25, -0.2) is 4.98 Å². The Morgan fingerprint density at radius 1 is 0.929 bits per heavy atom. The van der Waals surface area contributed by atoms with Gasteiger partial charge in [-0.1, -0.05) is 60.3 Å². The van der Waals surface area contributed by atoms with Crippen LogP contribution in [0.25, 0.3) is 11.1 Å². The molecule has 3 aromatic carbocycles. The highest BCUT2D eigenvalue weighted by Crippen LogP contribution is 2.26. The molecule has 1 heterocycles. The molecular formula is C22H17NO4S. The Bertz CT molecular complexity index is 1050. The van der Waals surface area contributed by atoms with E-state index in [4.69, 9.17) is 13.9 Å². The average molecular weight is 391 g/mol. The number of ether oxygens (including phenoxy) is 2. The number of thioether (sulfide) groups is 1. The van der Waals surface area contributed by atoms with Crippen molar-refractivity contribution < 1.29 is 18.7 Å². The molecule has 0 saturated heterocycles. The van der Waals surface area contributed by atoms with Crippen molar-refractivity contribution in [2.75, 3.05) is 5.75 Å². The minimum Gasteiger partial charge on any atom is -0.460 e. The quantitative estimate of drug-likeness (QED) is 0.308. The van der Waals surface area contributed by atoms with Gasteiger partial charge in [-0.3, -0.25) is 4.79 Å². The largest absolute Gasteiger partial charge is 0.460 e. The van der Waals surface area contributed by atoms with Crippen LogP contribution in [-0.2, 0) is 16.1 Å². The van der Waals surface area contributed by atoms with Crippen molar-refractivity contribution in [3.05, 3.63) is 84.4 Å². The number of rotatable bonds is 7. The summed E-state index contributed by atoms with van der Waals surface area (Å²) in [6.45, 7) is 0.135. The normalized spacial score (nSPS) is 10.7. The summed E-state index contributed by atoms with van der Waals surface area (Å²) >= 11 is 1.21. The van der Waals surface area contributed by atoms with Crippen molar-refractivity contribution >= 4 is 28.8 Å². The van der Waals surface area contributed by atoms with E-state index in [9.17, 15) is 4.79 Å². The van der Waals surface area contributed by atoms with Crippen molar-refractivity contribution in [3.63, 3.8) is 0 Å². The fourth-order valence-electron chi connectivity index (χ4n) is 2.57. The van der Waals surface area contributed by atoms with Gasteiger partial charge in [0.1, 0.15) is 29.4 Å². The SMILES string of the molecule is O=C(CSc1nc2ccccc2o1)OCc1ccccc1Oc1ccccc1. The highest BCUT2D eigenvalue weighted by atomic mass is 32.2. The standard InChI is InChI=1S/C22H17NO4S/c24-21(15-28-22-23-18-11-5-7-13-20(18)27-22)25-14-16-8-4-6-12-19(16)26-17-9-2-1-3-10-17/h1-13H,14-15H2. The molecule has 28 heavy (non-hydrogen) atoms. The number of para-hydroxylation sites is 4. The maximum absolute atomic E-state index is 12.1. The molecule has 0 aliphatic carbocycles. The second kappa shape index (κ2) is 8.63. The van der Waals surface area contributed by atoms with Crippen LogP contribution < -0.4 is 4.74 Å². The van der Waals surface area contributed by atoms with Crippen LogP contribution >= 0.6 is 11.8 Å². The lowest BCUT2D eigenvalue weighted by atomic mass is 10.2. The van der Waals surface area contributed by atoms with E-state index in [-0.39, 0.29) is 18.3 Å². The number of carbonyl (C=O) groups excluding carboxylic acids is 1. The Labute approximate surface area is 166 Å². The highest BCUT2D eigenvalue weighted by Gasteiger charge is 2.12. The summed E-state index contributed by atoms with van der Waals surface area (Å²) in [4.78, 5) is 16.5. The molecule has 140 valence electrons. The van der Waals surface area contributed by atoms with Gasteiger partial charge in [0, 0.05) is 5.56 Å². The second-order valence-corrected chi connectivity index (χ2v) is 6.85. The molecular weight excluding hydrogens is 374 g/mol. The monoisotopic (exact) mass is 391 g/mol. The summed E-state index contributed by atoms with van der Waals surface area (Å²) < 4.78 is 16.9. The molecule has 1 aromatic heterocycles. The Morgan fingerprint density at radius 3 is 2.54 bits per heavy atom. The van der Waals surface area contributed by atoms with Crippen molar-refractivity contribution in [2.24, 2.45) is 0 Å². The van der Waals surface area contributed by atoms with Crippen LogP contribution in [0.15, 0.2) is 88.5 Å². The van der Waals surface area contributed by atoms with Gasteiger partial charge in [-0.15, -0.1) is 0 Å². The number of benzene rings is 3. The van der Waals surface area contributed by atoms with Gasteiger partial charge in [-0.2, -0.15) is 0 Å². The van der Waals surface area contributed by atoms with Crippen LogP contribution in [0.1, 0.15) is 5.56 Å². The number of oxazole rings is 1. The minimum absolute atomic E-state index is 0.120. The van der Waals surface area contributed by atoms with Gasteiger partial charge in [0.25, 0.3) is 5.22 Å². The summed E-state index contributed by atoms with van der Waals surface area (Å²) in [6, 6.07) is 24.5. The molecule has 0 N–H and O–H groups in total. The molecule has 0 saturated carbocycles. The van der Waals surface area contributed by atoms with Crippen LogP contribution in [0.2, 0.25) is 0 Å². The van der Waals surface area contributed by atoms with E-state index < -0.39 is 0 Å². The van der Waals surface area contributed by atoms with Crippen LogP contribution in [0.4, 0.5) is 0 Å². The number of nitrogens with zero attached hydrogens (tertiary/aromatic N) is 1. The summed E-state index contributed by atoms with van der Waals surface area (Å²) in [5, 5.41) is 0.450. The first kappa shape index (κ1) is 18.1. The van der Waals surface area contributed by atoms with E-state index in [1.165, 1.54) is 11.8 Å². The third-order valence-corrected chi connectivity index (χ3v) is 4.72. The maximum Gasteiger partial charge on any atom is 0.316 e. The van der Waals surface area contributed by atoms with Gasteiger partial charge < -0.3 is 13.9 Å². The van der Waals surface area contributed by atoms with Crippen LogP contribution in [-0.4, -0.2) is 16.7 Å². The third kappa shape index (κ3) is 4.53. The third-order valence-electron chi connectivity index (χ3n) is 3.92. The van der Waals surface area contributed by atoms with Crippen LogP contribution in [0.3, 0.4) is 0 Å². The van der Waals surface area contributed by atoms with Gasteiger partial charge in [0.15, 0.2) is 5.58 Å². The lowest BCUT2D eigenvalue weighted by Crippen LogP contribution is -2.07. The number of carbonyl (C=O) groups is 1. The van der Waals surface area contributed by atoms with E-state index in [1.807, 2.05) is 78.9 Å². The molecule has 0 fully saturated rings. The highest BCUT2D eigenvalue weighted by molar-refractivity contribution is 7.99. The Morgan fingerprint density at radius 2 is 1.68 bits per heavy atom. The molecule has 6 heteroatoms. The zero-order valence-corrected chi connectivity index (χ0v) is 15.7. The van der Waals surface area contributed by atoms with E-state index in [2.05, 4.69) is 4.98 Å². The van der Waals surface area contributed by atoms with Crippen molar-refractivity contribution in [2.45, 2.75) is 11.8 Å². The molecule has 4 aromatic rings. The molecule has 0 atom stereocenters. The summed E-state index contributed by atoms with van der Waals surface area (Å²) in [6.07, 6.45) is 0. The van der Waals surface area contributed by atoms with Gasteiger partial charge >= 0.3 is 5.97 Å². The lowest BCUT2D eigenvalue weighted by molar-refractivity contribution is -0.141. The molecule has 0 amide bonds. The topological polar surface area (TPSA) is 61.6 Å². The number of aromatic nitrogens is 1. The first-order chi connectivity index (χ1) is 13.8. The number of hydrogen-bond donors (Lipinski definition) is 0.